The standard InChI is InChI=1S/C25H34Cl2N6O3/c26-19-8-7-18(20(27)14-19)16-31-25(36)22(9-6-17-4-2-1-3-5-17)32-24(35)21(30)15-23(34)33(12-10-28)13-11-29/h1-5,7-8,14,21-22H,6,9-13,15-16,28-30H2,(H,31,36)(H,32,35). The van der Waals surface area contributed by atoms with Crippen molar-refractivity contribution in [2.24, 2.45) is 17.2 Å². The second kappa shape index (κ2) is 15.4. The lowest BCUT2D eigenvalue weighted by atomic mass is 10.0. The Morgan fingerprint density at radius 3 is 2.22 bits per heavy atom. The van der Waals surface area contributed by atoms with Gasteiger partial charge >= 0.3 is 0 Å². The molecule has 0 aliphatic heterocycles. The molecular weight excluding hydrogens is 503 g/mol. The van der Waals surface area contributed by atoms with E-state index in [-0.39, 0.29) is 32.0 Å². The van der Waals surface area contributed by atoms with Gasteiger partial charge in [0.1, 0.15) is 6.04 Å². The van der Waals surface area contributed by atoms with E-state index < -0.39 is 23.9 Å². The molecule has 3 amide bonds. The molecule has 0 fully saturated rings. The topological polar surface area (TPSA) is 157 Å². The third-order valence-corrected chi connectivity index (χ3v) is 6.13. The summed E-state index contributed by atoms with van der Waals surface area (Å²) >= 11 is 12.1. The number of hydrogen-bond acceptors (Lipinski definition) is 6. The molecule has 0 aliphatic carbocycles. The van der Waals surface area contributed by atoms with Crippen molar-refractivity contribution in [2.45, 2.75) is 37.9 Å². The van der Waals surface area contributed by atoms with Crippen LogP contribution in [0.2, 0.25) is 10.0 Å². The number of nitrogens with zero attached hydrogens (tertiary/aromatic N) is 1. The number of amides is 3. The van der Waals surface area contributed by atoms with Crippen LogP contribution in [-0.4, -0.2) is 60.9 Å². The van der Waals surface area contributed by atoms with Crippen LogP contribution in [0.15, 0.2) is 48.5 Å². The first kappa shape index (κ1) is 29.5. The summed E-state index contributed by atoms with van der Waals surface area (Å²) in [6.07, 6.45) is 0.665. The summed E-state index contributed by atoms with van der Waals surface area (Å²) in [5, 5.41) is 6.43. The number of nitrogens with one attached hydrogen (secondary N) is 2. The van der Waals surface area contributed by atoms with Gasteiger partial charge in [0.05, 0.1) is 12.5 Å². The summed E-state index contributed by atoms with van der Waals surface area (Å²) in [5.74, 6) is -1.31. The minimum Gasteiger partial charge on any atom is -0.350 e. The quantitative estimate of drug-likeness (QED) is 0.244. The van der Waals surface area contributed by atoms with E-state index in [0.29, 0.717) is 41.5 Å². The lowest BCUT2D eigenvalue weighted by molar-refractivity contribution is -0.135. The second-order valence-electron chi connectivity index (χ2n) is 8.31. The monoisotopic (exact) mass is 536 g/mol. The fraction of sp³-hybridized carbons (Fsp3) is 0.400. The number of rotatable bonds is 14. The molecule has 2 aromatic rings. The summed E-state index contributed by atoms with van der Waals surface area (Å²) in [4.78, 5) is 39.9. The van der Waals surface area contributed by atoms with E-state index in [9.17, 15) is 14.4 Å². The van der Waals surface area contributed by atoms with E-state index >= 15 is 0 Å². The zero-order valence-electron chi connectivity index (χ0n) is 20.1. The number of carbonyl (C=O) groups excluding carboxylic acids is 3. The van der Waals surface area contributed by atoms with Crippen molar-refractivity contribution in [3.05, 3.63) is 69.7 Å². The average Bonchev–Trinajstić information content (AvgIpc) is 2.86. The predicted molar refractivity (Wildman–Crippen MR) is 142 cm³/mol. The molecule has 0 saturated carbocycles. The Morgan fingerprint density at radius 1 is 0.944 bits per heavy atom. The van der Waals surface area contributed by atoms with Crippen molar-refractivity contribution in [3.8, 4) is 0 Å². The summed E-state index contributed by atoms with van der Waals surface area (Å²) < 4.78 is 0. The second-order valence-corrected chi connectivity index (χ2v) is 9.15. The Kier molecular flexibility index (Phi) is 12.7. The maximum atomic E-state index is 13.0. The van der Waals surface area contributed by atoms with Crippen molar-refractivity contribution >= 4 is 40.9 Å². The van der Waals surface area contributed by atoms with Crippen molar-refractivity contribution in [1.29, 1.82) is 0 Å². The highest BCUT2D eigenvalue weighted by molar-refractivity contribution is 6.35. The first-order chi connectivity index (χ1) is 17.2. The molecule has 2 unspecified atom stereocenters. The maximum Gasteiger partial charge on any atom is 0.242 e. The molecule has 8 N–H and O–H groups in total. The molecule has 36 heavy (non-hydrogen) atoms. The van der Waals surface area contributed by atoms with Crippen LogP contribution < -0.4 is 27.8 Å². The first-order valence-electron chi connectivity index (χ1n) is 11.7. The molecule has 0 heterocycles. The third kappa shape index (κ3) is 9.75. The van der Waals surface area contributed by atoms with Crippen LogP contribution in [0.5, 0.6) is 0 Å². The maximum absolute atomic E-state index is 13.0. The summed E-state index contributed by atoms with van der Waals surface area (Å²) in [7, 11) is 0. The van der Waals surface area contributed by atoms with Crippen LogP contribution in [0.3, 0.4) is 0 Å². The molecule has 0 radical (unpaired) electrons. The number of aryl methyl sites for hydroxylation is 1. The molecule has 2 aromatic carbocycles. The van der Waals surface area contributed by atoms with Crippen molar-refractivity contribution in [2.75, 3.05) is 26.2 Å². The smallest absolute Gasteiger partial charge is 0.242 e. The van der Waals surface area contributed by atoms with Gasteiger partial charge in [-0.2, -0.15) is 0 Å². The van der Waals surface area contributed by atoms with Gasteiger partial charge in [0.2, 0.25) is 17.7 Å². The van der Waals surface area contributed by atoms with E-state index in [0.717, 1.165) is 5.56 Å². The Labute approximate surface area is 221 Å². The van der Waals surface area contributed by atoms with Crippen LogP contribution in [0.1, 0.15) is 24.0 Å². The molecule has 11 heteroatoms. The zero-order chi connectivity index (χ0) is 26.5. The fourth-order valence-electron chi connectivity index (χ4n) is 3.56. The van der Waals surface area contributed by atoms with E-state index in [1.54, 1.807) is 18.2 Å². The van der Waals surface area contributed by atoms with Gasteiger partial charge in [-0.25, -0.2) is 0 Å². The van der Waals surface area contributed by atoms with Crippen LogP contribution >= 0.6 is 23.2 Å². The predicted octanol–water partition coefficient (Wildman–Crippen LogP) is 1.19. The van der Waals surface area contributed by atoms with Crippen molar-refractivity contribution < 1.29 is 14.4 Å². The van der Waals surface area contributed by atoms with Crippen molar-refractivity contribution in [3.63, 3.8) is 0 Å². The minimum absolute atomic E-state index is 0.157. The molecule has 2 rings (SSSR count). The van der Waals surface area contributed by atoms with Gasteiger partial charge < -0.3 is 32.7 Å². The number of carbonyl (C=O) groups is 3. The van der Waals surface area contributed by atoms with Gasteiger partial charge in [-0.3, -0.25) is 14.4 Å². The number of halogens is 2. The highest BCUT2D eigenvalue weighted by atomic mass is 35.5. The van der Waals surface area contributed by atoms with Gasteiger partial charge in [0, 0.05) is 42.8 Å². The fourth-order valence-corrected chi connectivity index (χ4v) is 4.03. The molecular formula is C25H34Cl2N6O3. The number of nitrogens with two attached hydrogens (primary N) is 3. The van der Waals surface area contributed by atoms with Gasteiger partial charge in [-0.15, -0.1) is 0 Å². The molecule has 9 nitrogen and oxygen atoms in total. The molecule has 0 spiro atoms. The zero-order valence-corrected chi connectivity index (χ0v) is 21.6. The number of benzene rings is 2. The highest BCUT2D eigenvalue weighted by Gasteiger charge is 2.26. The molecule has 2 atom stereocenters. The Balaban J connectivity index is 2.05. The largest absolute Gasteiger partial charge is 0.350 e. The molecule has 196 valence electrons. The van der Waals surface area contributed by atoms with Crippen LogP contribution in [-0.2, 0) is 27.3 Å². The van der Waals surface area contributed by atoms with Crippen LogP contribution in [0.4, 0.5) is 0 Å². The normalized spacial score (nSPS) is 12.5. The SMILES string of the molecule is NCCN(CCN)C(=O)CC(N)C(=O)NC(CCc1ccccc1)C(=O)NCc1ccc(Cl)cc1Cl. The first-order valence-corrected chi connectivity index (χ1v) is 12.5. The lowest BCUT2D eigenvalue weighted by Crippen LogP contribution is -2.53. The summed E-state index contributed by atoms with van der Waals surface area (Å²) in [5.41, 5.74) is 18.8. The highest BCUT2D eigenvalue weighted by Crippen LogP contribution is 2.20. The summed E-state index contributed by atoms with van der Waals surface area (Å²) in [6, 6.07) is 12.6. The van der Waals surface area contributed by atoms with Gasteiger partial charge in [0.25, 0.3) is 0 Å². The molecule has 0 bridgehead atoms. The van der Waals surface area contributed by atoms with Crippen LogP contribution in [0, 0.1) is 0 Å². The minimum atomic E-state index is -1.13. The molecule has 0 saturated heterocycles. The molecule has 0 aromatic heterocycles. The van der Waals surface area contributed by atoms with E-state index in [1.165, 1.54) is 4.90 Å². The van der Waals surface area contributed by atoms with E-state index in [2.05, 4.69) is 10.6 Å². The molecule has 0 aliphatic rings. The van der Waals surface area contributed by atoms with Crippen molar-refractivity contribution in [1.82, 2.24) is 15.5 Å². The Bertz CT molecular complexity index is 1000. The van der Waals surface area contributed by atoms with Gasteiger partial charge in [-0.1, -0.05) is 59.6 Å². The van der Waals surface area contributed by atoms with E-state index in [4.69, 9.17) is 40.4 Å². The van der Waals surface area contributed by atoms with Gasteiger partial charge in [0.15, 0.2) is 0 Å². The number of hydrogen-bond donors (Lipinski definition) is 5. The third-order valence-electron chi connectivity index (χ3n) is 5.55. The Hall–Kier alpha value is -2.69. The Morgan fingerprint density at radius 2 is 1.61 bits per heavy atom. The summed E-state index contributed by atoms with van der Waals surface area (Å²) in [6.45, 7) is 1.34. The van der Waals surface area contributed by atoms with Crippen LogP contribution in [0.25, 0.3) is 0 Å². The lowest BCUT2D eigenvalue weighted by Gasteiger charge is -2.24. The average molecular weight is 537 g/mol. The van der Waals surface area contributed by atoms with E-state index in [1.807, 2.05) is 30.3 Å². The van der Waals surface area contributed by atoms with Gasteiger partial charge in [-0.05, 0) is 36.1 Å².